The number of benzene rings is 1. The van der Waals surface area contributed by atoms with Crippen LogP contribution in [0.3, 0.4) is 0 Å². The highest BCUT2D eigenvalue weighted by atomic mass is 16.5. The fraction of sp³-hybridized carbons (Fsp3) is 0.217. The molecule has 11 nitrogen and oxygen atoms in total. The van der Waals surface area contributed by atoms with E-state index in [0.717, 1.165) is 16.5 Å². The maximum absolute atomic E-state index is 12.7. The first-order valence-electron chi connectivity index (χ1n) is 10.6. The predicted octanol–water partition coefficient (Wildman–Crippen LogP) is 1.78. The summed E-state index contributed by atoms with van der Waals surface area (Å²) in [6.07, 6.45) is 2.53. The van der Waals surface area contributed by atoms with Gasteiger partial charge in [0.05, 0.1) is 18.3 Å². The van der Waals surface area contributed by atoms with Gasteiger partial charge in [0.1, 0.15) is 5.56 Å². The Morgan fingerprint density at radius 3 is 2.74 bits per heavy atom. The normalized spacial score (nSPS) is 10.9. The molecule has 0 aliphatic heterocycles. The van der Waals surface area contributed by atoms with Crippen molar-refractivity contribution in [3.8, 4) is 5.82 Å². The summed E-state index contributed by atoms with van der Waals surface area (Å²) in [5.74, 6) is -0.584. The van der Waals surface area contributed by atoms with Gasteiger partial charge in [-0.1, -0.05) is 18.2 Å². The number of para-hydroxylation sites is 1. The highest BCUT2D eigenvalue weighted by Gasteiger charge is 2.22. The average Bonchev–Trinajstić information content (AvgIpc) is 3.22. The van der Waals surface area contributed by atoms with E-state index in [-0.39, 0.29) is 31.0 Å². The molecule has 0 aliphatic carbocycles. The number of pyridine rings is 1. The monoisotopic (exact) mass is 462 g/mol. The molecule has 0 saturated heterocycles. The second-order valence-electron chi connectivity index (χ2n) is 7.46. The van der Waals surface area contributed by atoms with Gasteiger partial charge in [-0.15, -0.1) is 0 Å². The molecule has 34 heavy (non-hydrogen) atoms. The molecule has 3 aromatic heterocycles. The number of esters is 1. The molecule has 0 spiro atoms. The minimum absolute atomic E-state index is 0.0255. The minimum atomic E-state index is -0.640. The van der Waals surface area contributed by atoms with Crippen molar-refractivity contribution in [3.63, 3.8) is 0 Å². The highest BCUT2D eigenvalue weighted by molar-refractivity contribution is 6.00. The number of rotatable bonds is 7. The van der Waals surface area contributed by atoms with Crippen LogP contribution in [0.2, 0.25) is 0 Å². The number of aromatic amines is 1. The highest BCUT2D eigenvalue weighted by Crippen LogP contribution is 2.24. The van der Waals surface area contributed by atoms with E-state index in [9.17, 15) is 19.2 Å². The van der Waals surface area contributed by atoms with Gasteiger partial charge in [0, 0.05) is 30.6 Å². The van der Waals surface area contributed by atoms with Crippen LogP contribution in [-0.2, 0) is 16.1 Å². The Balaban J connectivity index is 1.67. The molecule has 4 rings (SSSR count). The second-order valence-corrected chi connectivity index (χ2v) is 7.46. The van der Waals surface area contributed by atoms with E-state index in [2.05, 4.69) is 20.4 Å². The summed E-state index contributed by atoms with van der Waals surface area (Å²) >= 11 is 0. The van der Waals surface area contributed by atoms with Gasteiger partial charge >= 0.3 is 11.7 Å². The number of nitrogens with zero attached hydrogens (tertiary/aromatic N) is 4. The van der Waals surface area contributed by atoms with Crippen molar-refractivity contribution in [1.82, 2.24) is 24.3 Å². The molecule has 0 saturated carbocycles. The number of H-pyrrole nitrogens is 1. The van der Waals surface area contributed by atoms with E-state index < -0.39 is 23.1 Å². The van der Waals surface area contributed by atoms with Crippen LogP contribution in [0.15, 0.2) is 58.4 Å². The quantitative estimate of drug-likeness (QED) is 0.399. The molecule has 174 valence electrons. The smallest absolute Gasteiger partial charge is 0.343 e. The van der Waals surface area contributed by atoms with Gasteiger partial charge in [0.2, 0.25) is 5.91 Å². The number of aryl methyl sites for hydroxylation is 2. The first-order chi connectivity index (χ1) is 16.4. The summed E-state index contributed by atoms with van der Waals surface area (Å²) in [6, 6.07) is 10.6. The van der Waals surface area contributed by atoms with E-state index in [1.165, 1.54) is 27.7 Å². The summed E-state index contributed by atoms with van der Waals surface area (Å²) in [7, 11) is 0. The van der Waals surface area contributed by atoms with Gasteiger partial charge in [-0.2, -0.15) is 9.78 Å². The summed E-state index contributed by atoms with van der Waals surface area (Å²) in [5, 5.41) is 7.95. The largest absolute Gasteiger partial charge is 0.462 e. The van der Waals surface area contributed by atoms with Crippen LogP contribution in [0.25, 0.3) is 16.7 Å². The van der Waals surface area contributed by atoms with Gasteiger partial charge < -0.3 is 14.6 Å². The lowest BCUT2D eigenvalue weighted by atomic mass is 10.1. The van der Waals surface area contributed by atoms with Crippen molar-refractivity contribution in [2.45, 2.75) is 26.8 Å². The first-order valence-corrected chi connectivity index (χ1v) is 10.6. The number of carbonyl (C=O) groups is 2. The fourth-order valence-corrected chi connectivity index (χ4v) is 3.48. The lowest BCUT2D eigenvalue weighted by Crippen LogP contribution is -2.30. The van der Waals surface area contributed by atoms with Crippen LogP contribution in [0, 0.1) is 6.92 Å². The number of anilines is 1. The van der Waals surface area contributed by atoms with Crippen LogP contribution < -0.4 is 16.6 Å². The zero-order chi connectivity index (χ0) is 24.2. The van der Waals surface area contributed by atoms with Crippen molar-refractivity contribution in [2.75, 3.05) is 11.9 Å². The minimum Gasteiger partial charge on any atom is -0.462 e. The van der Waals surface area contributed by atoms with Crippen LogP contribution in [-0.4, -0.2) is 42.8 Å². The number of amides is 1. The summed E-state index contributed by atoms with van der Waals surface area (Å²) in [4.78, 5) is 55.1. The summed E-state index contributed by atoms with van der Waals surface area (Å²) in [5.41, 5.74) is 0.619. The Morgan fingerprint density at radius 1 is 1.18 bits per heavy atom. The Kier molecular flexibility index (Phi) is 6.35. The molecule has 2 N–H and O–H groups in total. The molecule has 0 radical (unpaired) electrons. The second kappa shape index (κ2) is 9.53. The van der Waals surface area contributed by atoms with Gasteiger partial charge in [0.15, 0.2) is 11.6 Å². The Morgan fingerprint density at radius 2 is 1.97 bits per heavy atom. The number of aromatic nitrogens is 5. The number of ether oxygens (including phenoxy) is 1. The standard InChI is InChI=1S/C23H22N6O5/c1-3-34-22(32)16-13-24-29(18-12-14(2)15-6-4-5-7-17(15)25-18)21(16)26-19(30)8-10-28-11-9-20(31)27-23(28)33/h4-7,9,11-13H,3,8,10H2,1-2H3,(H,26,30)(H,27,31,33). The van der Waals surface area contributed by atoms with Crippen molar-refractivity contribution < 1.29 is 14.3 Å². The molecule has 0 aliphatic rings. The molecule has 1 aromatic carbocycles. The first kappa shape index (κ1) is 22.6. The zero-order valence-corrected chi connectivity index (χ0v) is 18.6. The van der Waals surface area contributed by atoms with E-state index in [0.29, 0.717) is 5.82 Å². The van der Waals surface area contributed by atoms with Crippen LogP contribution in [0.5, 0.6) is 0 Å². The topological polar surface area (TPSA) is 141 Å². The third kappa shape index (κ3) is 4.63. The molecular weight excluding hydrogens is 440 g/mol. The third-order valence-electron chi connectivity index (χ3n) is 5.13. The molecule has 0 fully saturated rings. The predicted molar refractivity (Wildman–Crippen MR) is 124 cm³/mol. The third-order valence-corrected chi connectivity index (χ3v) is 5.13. The molecule has 1 amide bonds. The lowest BCUT2D eigenvalue weighted by molar-refractivity contribution is -0.116. The van der Waals surface area contributed by atoms with E-state index in [4.69, 9.17) is 4.74 Å². The van der Waals surface area contributed by atoms with Crippen molar-refractivity contribution >= 4 is 28.6 Å². The SMILES string of the molecule is CCOC(=O)c1cnn(-c2cc(C)c3ccccc3n2)c1NC(=O)CCn1ccc(=O)[nH]c1=O. The van der Waals surface area contributed by atoms with Crippen molar-refractivity contribution in [2.24, 2.45) is 0 Å². The average molecular weight is 462 g/mol. The van der Waals surface area contributed by atoms with E-state index >= 15 is 0 Å². The zero-order valence-electron chi connectivity index (χ0n) is 18.6. The number of hydrogen-bond acceptors (Lipinski definition) is 7. The number of fused-ring (bicyclic) bond motifs is 1. The Bertz CT molecular complexity index is 1500. The fourth-order valence-electron chi connectivity index (χ4n) is 3.48. The van der Waals surface area contributed by atoms with Crippen LogP contribution >= 0.6 is 0 Å². The van der Waals surface area contributed by atoms with Crippen LogP contribution in [0.1, 0.15) is 29.3 Å². The maximum atomic E-state index is 12.7. The Hall–Kier alpha value is -4.54. The molecular formula is C23H22N6O5. The number of nitrogens with one attached hydrogen (secondary N) is 2. The van der Waals surface area contributed by atoms with Crippen molar-refractivity contribution in [1.29, 1.82) is 0 Å². The van der Waals surface area contributed by atoms with Gasteiger partial charge in [-0.25, -0.2) is 14.6 Å². The lowest BCUT2D eigenvalue weighted by Gasteiger charge is -2.12. The number of hydrogen-bond donors (Lipinski definition) is 2. The van der Waals surface area contributed by atoms with Crippen molar-refractivity contribution in [3.05, 3.63) is 80.8 Å². The van der Waals surface area contributed by atoms with Gasteiger partial charge in [-0.3, -0.25) is 14.6 Å². The molecule has 11 heteroatoms. The number of carbonyl (C=O) groups excluding carboxylic acids is 2. The Labute approximate surface area is 193 Å². The molecule has 3 heterocycles. The van der Waals surface area contributed by atoms with E-state index in [1.54, 1.807) is 13.0 Å². The molecule has 4 aromatic rings. The molecule has 0 unspecified atom stereocenters. The van der Waals surface area contributed by atoms with Crippen LogP contribution in [0.4, 0.5) is 5.82 Å². The van der Waals surface area contributed by atoms with Gasteiger partial charge in [-0.05, 0) is 31.5 Å². The molecule has 0 atom stereocenters. The summed E-state index contributed by atoms with van der Waals surface area (Å²) in [6.45, 7) is 3.79. The van der Waals surface area contributed by atoms with Gasteiger partial charge in [0.25, 0.3) is 5.56 Å². The molecule has 0 bridgehead atoms. The van der Waals surface area contributed by atoms with E-state index in [1.807, 2.05) is 31.2 Å². The maximum Gasteiger partial charge on any atom is 0.343 e. The summed E-state index contributed by atoms with van der Waals surface area (Å²) < 4.78 is 7.68.